The van der Waals surface area contributed by atoms with Crippen molar-refractivity contribution in [2.45, 2.75) is 38.9 Å². The maximum atomic E-state index is 13.7. The third-order valence-corrected chi connectivity index (χ3v) is 4.96. The van der Waals surface area contributed by atoms with Gasteiger partial charge < -0.3 is 4.90 Å². The van der Waals surface area contributed by atoms with Crippen molar-refractivity contribution in [2.75, 3.05) is 16.3 Å². The lowest BCUT2D eigenvalue weighted by Gasteiger charge is -2.29. The van der Waals surface area contributed by atoms with Crippen molar-refractivity contribution in [3.63, 3.8) is 0 Å². The van der Waals surface area contributed by atoms with Gasteiger partial charge in [-0.25, -0.2) is 18.7 Å². The summed E-state index contributed by atoms with van der Waals surface area (Å²) in [7, 11) is 0. The predicted octanol–water partition coefficient (Wildman–Crippen LogP) is 4.54. The van der Waals surface area contributed by atoms with Gasteiger partial charge in [-0.3, -0.25) is 4.79 Å². The van der Waals surface area contributed by atoms with Crippen molar-refractivity contribution in [1.82, 2.24) is 4.98 Å². The number of amides is 1. The molecule has 0 spiro atoms. The van der Waals surface area contributed by atoms with Gasteiger partial charge in [-0.2, -0.15) is 18.4 Å². The largest absolute Gasteiger partial charge is 0.417 e. The Morgan fingerprint density at radius 2 is 1.97 bits per heavy atom. The van der Waals surface area contributed by atoms with Crippen molar-refractivity contribution in [3.05, 3.63) is 52.7 Å². The number of carbonyl (C=O) groups excluding carboxylic acids is 1. The summed E-state index contributed by atoms with van der Waals surface area (Å²) >= 11 is 0. The maximum absolute atomic E-state index is 13.7. The monoisotopic (exact) mass is 448 g/mol. The lowest BCUT2D eigenvalue weighted by atomic mass is 10.1. The zero-order valence-electron chi connectivity index (χ0n) is 17.1. The Labute approximate surface area is 181 Å². The molecule has 1 fully saturated rings. The van der Waals surface area contributed by atoms with Crippen molar-refractivity contribution >= 4 is 17.4 Å². The van der Waals surface area contributed by atoms with E-state index in [0.29, 0.717) is 6.42 Å². The third-order valence-electron chi connectivity index (χ3n) is 4.96. The van der Waals surface area contributed by atoms with Gasteiger partial charge in [-0.1, -0.05) is 5.92 Å². The molecule has 10 heteroatoms. The van der Waals surface area contributed by atoms with Crippen molar-refractivity contribution in [2.24, 2.45) is 0 Å². The number of aromatic nitrogens is 1. The zero-order chi connectivity index (χ0) is 23.6. The number of pyridine rings is 1. The molecule has 3 rings (SSSR count). The Morgan fingerprint density at radius 3 is 2.56 bits per heavy atom. The Kier molecular flexibility index (Phi) is 6.35. The number of hydrogen-bond acceptors (Lipinski definition) is 4. The molecule has 1 atom stereocenters. The Balaban J connectivity index is 2.07. The standard InChI is InChI=1S/C22H17F5N4O/c1-3-8-30(14-6-7-17(23)18(24)11-14)21(32)19-5-4-9-31(19)20-15(12-28)16(22(25,26)27)10-13(2)29-20/h6-7,10-11,19H,4-5,9H2,1-2H3/t19-/m0/s1. The number of nitriles is 1. The second-order valence-corrected chi connectivity index (χ2v) is 7.10. The lowest BCUT2D eigenvalue weighted by Crippen LogP contribution is -2.45. The maximum Gasteiger partial charge on any atom is 0.417 e. The minimum atomic E-state index is -4.78. The highest BCUT2D eigenvalue weighted by atomic mass is 19.4. The molecule has 1 amide bonds. The van der Waals surface area contributed by atoms with Gasteiger partial charge in [0.05, 0.1) is 11.3 Å². The van der Waals surface area contributed by atoms with E-state index >= 15 is 0 Å². The first-order chi connectivity index (χ1) is 15.1. The van der Waals surface area contributed by atoms with E-state index in [9.17, 15) is 32.0 Å². The van der Waals surface area contributed by atoms with Gasteiger partial charge >= 0.3 is 6.18 Å². The number of hydrogen-bond donors (Lipinski definition) is 0. The smallest absolute Gasteiger partial charge is 0.343 e. The second kappa shape index (κ2) is 8.83. The van der Waals surface area contributed by atoms with E-state index in [2.05, 4.69) is 16.9 Å². The molecule has 0 radical (unpaired) electrons. The minimum absolute atomic E-state index is 0.0243. The number of benzene rings is 1. The summed E-state index contributed by atoms with van der Waals surface area (Å²) in [5.74, 6) is -0.650. The number of halogens is 5. The fourth-order valence-corrected chi connectivity index (χ4v) is 3.61. The van der Waals surface area contributed by atoms with Crippen LogP contribution in [0.2, 0.25) is 0 Å². The number of rotatable bonds is 3. The van der Waals surface area contributed by atoms with Crippen LogP contribution in [0.25, 0.3) is 0 Å². The van der Waals surface area contributed by atoms with Crippen LogP contribution in [0.4, 0.5) is 33.5 Å². The van der Waals surface area contributed by atoms with Gasteiger partial charge in [0.2, 0.25) is 0 Å². The average Bonchev–Trinajstić information content (AvgIpc) is 3.22. The van der Waals surface area contributed by atoms with Gasteiger partial charge in [0.1, 0.15) is 23.5 Å². The van der Waals surface area contributed by atoms with Crippen LogP contribution in [0.15, 0.2) is 24.3 Å². The van der Waals surface area contributed by atoms with E-state index in [1.54, 1.807) is 6.07 Å². The molecule has 0 unspecified atom stereocenters. The summed E-state index contributed by atoms with van der Waals surface area (Å²) < 4.78 is 67.6. The number of anilines is 2. The van der Waals surface area contributed by atoms with Gasteiger partial charge in [0.25, 0.3) is 5.91 Å². The summed E-state index contributed by atoms with van der Waals surface area (Å²) in [5, 5.41) is 9.46. The normalized spacial score (nSPS) is 15.7. The summed E-state index contributed by atoms with van der Waals surface area (Å²) in [5.41, 5.74) is -1.80. The first-order valence-electron chi connectivity index (χ1n) is 9.55. The van der Waals surface area contributed by atoms with Gasteiger partial charge in [0, 0.05) is 24.3 Å². The fraction of sp³-hybridized carbons (Fsp3) is 0.318. The Hall–Kier alpha value is -3.66. The van der Waals surface area contributed by atoms with E-state index in [-0.39, 0.29) is 30.2 Å². The molecular formula is C22H17F5N4O. The first kappa shape index (κ1) is 23.0. The highest BCUT2D eigenvalue weighted by molar-refractivity contribution is 6.02. The van der Waals surface area contributed by atoms with E-state index in [4.69, 9.17) is 0 Å². The zero-order valence-corrected chi connectivity index (χ0v) is 17.1. The molecule has 5 nitrogen and oxygen atoms in total. The van der Waals surface area contributed by atoms with Crippen LogP contribution >= 0.6 is 0 Å². The van der Waals surface area contributed by atoms with E-state index in [1.807, 2.05) is 0 Å². The molecule has 1 aliphatic heterocycles. The number of nitrogens with zero attached hydrogens (tertiary/aromatic N) is 4. The molecule has 32 heavy (non-hydrogen) atoms. The SMILES string of the molecule is CC#CN(C(=O)[C@@H]1CCCN1c1nc(C)cc(C(F)(F)F)c1C#N)c1ccc(F)c(F)c1. The number of aryl methyl sites for hydroxylation is 1. The van der Waals surface area contributed by atoms with Crippen molar-refractivity contribution < 1.29 is 26.7 Å². The van der Waals surface area contributed by atoms with Crippen LogP contribution in [-0.2, 0) is 11.0 Å². The third kappa shape index (κ3) is 4.35. The molecule has 0 bridgehead atoms. The Bertz CT molecular complexity index is 1160. The van der Waals surface area contributed by atoms with Crippen LogP contribution in [0, 0.1) is 41.9 Å². The molecule has 1 aromatic carbocycles. The topological polar surface area (TPSA) is 60.2 Å². The highest BCUT2D eigenvalue weighted by Gasteiger charge is 2.40. The van der Waals surface area contributed by atoms with E-state index in [0.717, 1.165) is 23.1 Å². The highest BCUT2D eigenvalue weighted by Crippen LogP contribution is 2.38. The van der Waals surface area contributed by atoms with Crippen molar-refractivity contribution in [1.29, 1.82) is 5.26 Å². The molecule has 1 aliphatic rings. The van der Waals surface area contributed by atoms with Crippen LogP contribution in [0.3, 0.4) is 0 Å². The van der Waals surface area contributed by atoms with Crippen molar-refractivity contribution in [3.8, 4) is 18.0 Å². The predicted molar refractivity (Wildman–Crippen MR) is 106 cm³/mol. The minimum Gasteiger partial charge on any atom is -0.343 e. The summed E-state index contributed by atoms with van der Waals surface area (Å²) in [6.07, 6.45) is -4.08. The fourth-order valence-electron chi connectivity index (χ4n) is 3.61. The number of carbonyl (C=O) groups is 1. The molecule has 0 saturated carbocycles. The summed E-state index contributed by atoms with van der Waals surface area (Å²) in [6.45, 7) is 2.99. The molecule has 2 aromatic rings. The molecule has 0 N–H and O–H groups in total. The molecule has 1 saturated heterocycles. The molecule has 1 aromatic heterocycles. The summed E-state index contributed by atoms with van der Waals surface area (Å²) in [6, 6.07) is 6.71. The second-order valence-electron chi connectivity index (χ2n) is 7.10. The Morgan fingerprint density at radius 1 is 1.25 bits per heavy atom. The van der Waals surface area contributed by atoms with Crippen LogP contribution in [-0.4, -0.2) is 23.5 Å². The molecule has 2 heterocycles. The average molecular weight is 448 g/mol. The number of alkyl halides is 3. The van der Waals surface area contributed by atoms with Crippen LogP contribution in [0.1, 0.15) is 36.6 Å². The van der Waals surface area contributed by atoms with Gasteiger partial charge in [-0.15, -0.1) is 0 Å². The van der Waals surface area contributed by atoms with Gasteiger partial charge in [0.15, 0.2) is 11.6 Å². The van der Waals surface area contributed by atoms with Gasteiger partial charge in [-0.05, 0) is 44.9 Å². The molecule has 0 aliphatic carbocycles. The molecular weight excluding hydrogens is 431 g/mol. The van der Waals surface area contributed by atoms with E-state index < -0.39 is 40.9 Å². The quantitative estimate of drug-likeness (QED) is 0.393. The molecule has 166 valence electrons. The lowest BCUT2D eigenvalue weighted by molar-refractivity contribution is -0.137. The van der Waals surface area contributed by atoms with Crippen LogP contribution in [0.5, 0.6) is 0 Å². The van der Waals surface area contributed by atoms with E-state index in [1.165, 1.54) is 24.8 Å². The summed E-state index contributed by atoms with van der Waals surface area (Å²) in [4.78, 5) is 19.7. The van der Waals surface area contributed by atoms with Crippen LogP contribution < -0.4 is 9.80 Å². The first-order valence-corrected chi connectivity index (χ1v) is 9.55.